The van der Waals surface area contributed by atoms with E-state index in [0.717, 1.165) is 36.8 Å². The van der Waals surface area contributed by atoms with Crippen LogP contribution in [-0.4, -0.2) is 16.2 Å². The predicted molar refractivity (Wildman–Crippen MR) is 183 cm³/mol. The lowest BCUT2D eigenvalue weighted by Crippen LogP contribution is -2.23. The maximum Gasteiger partial charge on any atom is 0.335 e. The van der Waals surface area contributed by atoms with Gasteiger partial charge < -0.3 is 10.2 Å². The van der Waals surface area contributed by atoms with Gasteiger partial charge in [0.05, 0.1) is 5.56 Å². The van der Waals surface area contributed by atoms with Crippen molar-refractivity contribution in [3.8, 4) is 5.75 Å². The van der Waals surface area contributed by atoms with Crippen molar-refractivity contribution in [2.45, 2.75) is 206 Å². The molecular weight excluding hydrogens is 516 g/mol. The fourth-order valence-electron chi connectivity index (χ4n) is 6.52. The number of phenolic OH excluding ortho intramolecular Hbond substituents is 1. The number of carboxylic acids is 1. The summed E-state index contributed by atoms with van der Waals surface area (Å²) in [5.74, 6) is -0.588. The normalized spacial score (nSPS) is 12.2. The van der Waals surface area contributed by atoms with Crippen LogP contribution in [0.15, 0.2) is 12.1 Å². The molecule has 0 fully saturated rings. The lowest BCUT2D eigenvalue weighted by Gasteiger charge is -2.32. The Kier molecular flexibility index (Phi) is 20.2. The van der Waals surface area contributed by atoms with Crippen LogP contribution in [0.25, 0.3) is 0 Å². The van der Waals surface area contributed by atoms with Crippen molar-refractivity contribution in [2.24, 2.45) is 0 Å². The van der Waals surface area contributed by atoms with Crippen LogP contribution in [-0.2, 0) is 10.8 Å². The van der Waals surface area contributed by atoms with Crippen molar-refractivity contribution in [1.82, 2.24) is 0 Å². The van der Waals surface area contributed by atoms with E-state index < -0.39 is 5.97 Å². The largest absolute Gasteiger partial charge is 0.507 e. The number of rotatable bonds is 27. The van der Waals surface area contributed by atoms with Gasteiger partial charge in [-0.25, -0.2) is 4.79 Å². The molecule has 0 aliphatic carbocycles. The number of hydrogen-bond donors (Lipinski definition) is 2. The third-order valence-electron chi connectivity index (χ3n) is 9.63. The molecule has 0 aliphatic heterocycles. The summed E-state index contributed by atoms with van der Waals surface area (Å²) in [6.07, 6.45) is 30.8. The molecule has 0 saturated carbocycles. The summed E-state index contributed by atoms with van der Waals surface area (Å²) in [4.78, 5) is 12.1. The molecule has 0 saturated heterocycles. The minimum atomic E-state index is -0.909. The van der Waals surface area contributed by atoms with Crippen LogP contribution in [0.5, 0.6) is 5.75 Å². The molecule has 1 aromatic rings. The average Bonchev–Trinajstić information content (AvgIpc) is 2.94. The third-order valence-corrected chi connectivity index (χ3v) is 9.63. The summed E-state index contributed by atoms with van der Waals surface area (Å²) in [5.41, 5.74) is 1.37. The molecule has 2 N–H and O–H groups in total. The second-order valence-electron chi connectivity index (χ2n) is 14.6. The van der Waals surface area contributed by atoms with E-state index in [1.807, 2.05) is 0 Å². The Morgan fingerprint density at radius 3 is 1.05 bits per heavy atom. The van der Waals surface area contributed by atoms with E-state index >= 15 is 0 Å². The summed E-state index contributed by atoms with van der Waals surface area (Å²) in [7, 11) is 0. The summed E-state index contributed by atoms with van der Waals surface area (Å²) in [6.45, 7) is 13.2. The second-order valence-corrected chi connectivity index (χ2v) is 14.6. The Labute approximate surface area is 261 Å². The van der Waals surface area contributed by atoms with Gasteiger partial charge in [0.1, 0.15) is 5.75 Å². The SMILES string of the molecule is CCCCCCCCCCCCCC(C)(C)c1cc(C(=O)O)cc(C(C)(C)CCCCCCCCCCCCC)c1O. The van der Waals surface area contributed by atoms with Crippen LogP contribution < -0.4 is 0 Å². The Morgan fingerprint density at radius 2 is 0.786 bits per heavy atom. The summed E-state index contributed by atoms with van der Waals surface area (Å²) in [6, 6.07) is 3.47. The molecule has 42 heavy (non-hydrogen) atoms. The number of aromatic hydroxyl groups is 1. The van der Waals surface area contributed by atoms with Crippen molar-refractivity contribution in [3.05, 3.63) is 28.8 Å². The van der Waals surface area contributed by atoms with Gasteiger partial charge in [0, 0.05) is 11.1 Å². The second kappa shape index (κ2) is 22.1. The minimum absolute atomic E-state index is 0.268. The van der Waals surface area contributed by atoms with E-state index in [0.29, 0.717) is 11.3 Å². The Hall–Kier alpha value is -1.51. The van der Waals surface area contributed by atoms with E-state index in [2.05, 4.69) is 41.5 Å². The van der Waals surface area contributed by atoms with Crippen LogP contribution in [0.3, 0.4) is 0 Å². The Bertz CT molecular complexity index is 779. The van der Waals surface area contributed by atoms with Gasteiger partial charge in [0.15, 0.2) is 0 Å². The van der Waals surface area contributed by atoms with Gasteiger partial charge in [-0.15, -0.1) is 0 Å². The van der Waals surface area contributed by atoms with E-state index in [9.17, 15) is 15.0 Å². The van der Waals surface area contributed by atoms with Crippen molar-refractivity contribution < 1.29 is 15.0 Å². The van der Waals surface area contributed by atoms with Gasteiger partial charge in [0.2, 0.25) is 0 Å². The third kappa shape index (κ3) is 15.8. The molecule has 3 heteroatoms. The molecule has 0 heterocycles. The van der Waals surface area contributed by atoms with E-state index in [4.69, 9.17) is 0 Å². The number of benzene rings is 1. The number of unbranched alkanes of at least 4 members (excludes halogenated alkanes) is 20. The maximum absolute atomic E-state index is 12.1. The van der Waals surface area contributed by atoms with Crippen LogP contribution in [0, 0.1) is 0 Å². The zero-order valence-electron chi connectivity index (χ0n) is 28.9. The minimum Gasteiger partial charge on any atom is -0.507 e. The van der Waals surface area contributed by atoms with E-state index in [1.165, 1.54) is 128 Å². The van der Waals surface area contributed by atoms with Gasteiger partial charge in [-0.1, -0.05) is 183 Å². The highest BCUT2D eigenvalue weighted by Crippen LogP contribution is 2.43. The summed E-state index contributed by atoms with van der Waals surface area (Å²) >= 11 is 0. The average molecular weight is 587 g/mol. The molecule has 0 aromatic heterocycles. The van der Waals surface area contributed by atoms with E-state index in [1.54, 1.807) is 12.1 Å². The highest BCUT2D eigenvalue weighted by Gasteiger charge is 2.32. The molecule has 0 aliphatic rings. The first-order valence-electron chi connectivity index (χ1n) is 18.2. The molecule has 0 atom stereocenters. The number of aromatic carboxylic acids is 1. The molecule has 0 amide bonds. The van der Waals surface area contributed by atoms with Gasteiger partial charge in [-0.05, 0) is 35.8 Å². The lowest BCUT2D eigenvalue weighted by atomic mass is 9.73. The van der Waals surface area contributed by atoms with Crippen LogP contribution in [0.4, 0.5) is 0 Å². The Morgan fingerprint density at radius 1 is 0.524 bits per heavy atom. The van der Waals surface area contributed by atoms with Crippen molar-refractivity contribution >= 4 is 5.97 Å². The number of phenols is 1. The first-order valence-corrected chi connectivity index (χ1v) is 18.2. The van der Waals surface area contributed by atoms with Gasteiger partial charge >= 0.3 is 5.97 Å². The zero-order chi connectivity index (χ0) is 31.3. The lowest BCUT2D eigenvalue weighted by molar-refractivity contribution is 0.0696. The zero-order valence-corrected chi connectivity index (χ0v) is 28.9. The molecule has 1 rings (SSSR count). The van der Waals surface area contributed by atoms with Gasteiger partial charge in [-0.2, -0.15) is 0 Å². The smallest absolute Gasteiger partial charge is 0.335 e. The number of carbonyl (C=O) groups is 1. The standard InChI is InChI=1S/C39H70O3/c1-7-9-11-13-15-17-19-21-23-25-27-29-38(3,4)34-31-33(37(41)42)32-35(36(34)40)39(5,6)30-28-26-24-22-20-18-16-14-12-10-8-2/h31-32,40H,7-30H2,1-6H3,(H,41,42). The molecule has 0 bridgehead atoms. The predicted octanol–water partition coefficient (Wildman–Crippen LogP) is 13.0. The van der Waals surface area contributed by atoms with Crippen LogP contribution in [0.2, 0.25) is 0 Å². The molecular formula is C39H70O3. The van der Waals surface area contributed by atoms with Gasteiger partial charge in [-0.3, -0.25) is 0 Å². The van der Waals surface area contributed by atoms with Crippen molar-refractivity contribution in [3.63, 3.8) is 0 Å². The molecule has 244 valence electrons. The fraction of sp³-hybridized carbons (Fsp3) is 0.821. The maximum atomic E-state index is 12.1. The molecule has 1 aromatic carbocycles. The van der Waals surface area contributed by atoms with Gasteiger partial charge in [0.25, 0.3) is 0 Å². The fourth-order valence-corrected chi connectivity index (χ4v) is 6.52. The highest BCUT2D eigenvalue weighted by atomic mass is 16.4. The van der Waals surface area contributed by atoms with Crippen LogP contribution >= 0.6 is 0 Å². The first kappa shape index (κ1) is 38.5. The monoisotopic (exact) mass is 587 g/mol. The molecule has 0 unspecified atom stereocenters. The van der Waals surface area contributed by atoms with Crippen LogP contribution in [0.1, 0.15) is 217 Å². The van der Waals surface area contributed by atoms with E-state index in [-0.39, 0.29) is 10.8 Å². The highest BCUT2D eigenvalue weighted by molar-refractivity contribution is 5.88. The number of carboxylic acid groups (broad SMARTS) is 1. The molecule has 3 nitrogen and oxygen atoms in total. The Balaban J connectivity index is 2.60. The molecule has 0 spiro atoms. The van der Waals surface area contributed by atoms with Crippen molar-refractivity contribution in [1.29, 1.82) is 0 Å². The quantitative estimate of drug-likeness (QED) is 0.101. The topological polar surface area (TPSA) is 57.5 Å². The summed E-state index contributed by atoms with van der Waals surface area (Å²) in [5, 5.41) is 21.5. The number of hydrogen-bond acceptors (Lipinski definition) is 2. The summed E-state index contributed by atoms with van der Waals surface area (Å²) < 4.78 is 0. The molecule has 0 radical (unpaired) electrons. The first-order chi connectivity index (χ1) is 20.1. The van der Waals surface area contributed by atoms with Crippen molar-refractivity contribution in [2.75, 3.05) is 0 Å².